The second-order valence-corrected chi connectivity index (χ2v) is 11.9. The SMILES string of the molecule is CO[C@]1(C)C[C@@H](C)CN[C@H](c2ccccc2)COC(=O)[C@H](C)C(=O)[C@H](C)[C@H]1O[C@@H]1O[C@H](C)CC(N(C)C)C1O. The molecule has 1 aromatic rings. The Labute approximate surface area is 233 Å². The minimum Gasteiger partial charge on any atom is -0.463 e. The van der Waals surface area contributed by atoms with Crippen molar-refractivity contribution in [3.63, 3.8) is 0 Å². The summed E-state index contributed by atoms with van der Waals surface area (Å²) in [6.07, 6.45) is -1.58. The van der Waals surface area contributed by atoms with Gasteiger partial charge in [0.1, 0.15) is 18.6 Å². The number of likely N-dealkylation sites (N-methyl/N-ethyl adjacent to an activating group) is 1. The summed E-state index contributed by atoms with van der Waals surface area (Å²) in [5.74, 6) is -2.47. The number of hydrogen-bond donors (Lipinski definition) is 2. The lowest BCUT2D eigenvalue weighted by Gasteiger charge is -2.46. The predicted molar refractivity (Wildman–Crippen MR) is 148 cm³/mol. The normalized spacial score (nSPS) is 39.4. The van der Waals surface area contributed by atoms with E-state index >= 15 is 0 Å². The number of aliphatic hydroxyl groups excluding tert-OH is 1. The van der Waals surface area contributed by atoms with Crippen LogP contribution in [0.1, 0.15) is 59.1 Å². The Balaban J connectivity index is 1.94. The third-order valence-corrected chi connectivity index (χ3v) is 8.37. The van der Waals surface area contributed by atoms with Crippen molar-refractivity contribution in [2.24, 2.45) is 17.8 Å². The molecule has 3 rings (SSSR count). The summed E-state index contributed by atoms with van der Waals surface area (Å²) in [6.45, 7) is 10.1. The van der Waals surface area contributed by atoms with E-state index in [1.54, 1.807) is 21.0 Å². The molecule has 2 aliphatic rings. The Bertz CT molecular complexity index is 944. The van der Waals surface area contributed by atoms with E-state index in [1.807, 2.05) is 63.2 Å². The van der Waals surface area contributed by atoms with Crippen LogP contribution >= 0.6 is 0 Å². The highest BCUT2D eigenvalue weighted by atomic mass is 16.7. The average Bonchev–Trinajstić information content (AvgIpc) is 2.91. The predicted octanol–water partition coefficient (Wildman–Crippen LogP) is 2.96. The van der Waals surface area contributed by atoms with Crippen LogP contribution in [-0.2, 0) is 28.5 Å². The summed E-state index contributed by atoms with van der Waals surface area (Å²) in [6, 6.07) is 9.44. The third-order valence-electron chi connectivity index (χ3n) is 8.37. The van der Waals surface area contributed by atoms with Gasteiger partial charge in [-0.25, -0.2) is 0 Å². The van der Waals surface area contributed by atoms with E-state index in [4.69, 9.17) is 18.9 Å². The standard InChI is InChI=1S/C30H48N2O7/c1-18-15-30(5,36-8)27(39-29-26(34)24(32(6)7)14-19(2)38-29)20(3)25(33)21(4)28(35)37-17-23(31-16-18)22-12-10-9-11-13-22/h9-13,18-21,23-24,26-27,29,31,34H,14-17H2,1-8H3/t18-,19-,20+,21-,23+,24?,26?,27-,29+,30-/m1/s1. The van der Waals surface area contributed by atoms with Crippen molar-refractivity contribution in [3.8, 4) is 0 Å². The van der Waals surface area contributed by atoms with Gasteiger partial charge in [0.05, 0.1) is 23.9 Å². The van der Waals surface area contributed by atoms with E-state index in [0.29, 0.717) is 19.4 Å². The van der Waals surface area contributed by atoms with Crippen LogP contribution in [0, 0.1) is 17.8 Å². The number of cyclic esters (lactones) is 1. The maximum atomic E-state index is 13.7. The molecule has 0 amide bonds. The van der Waals surface area contributed by atoms with Gasteiger partial charge in [-0.3, -0.25) is 9.59 Å². The van der Waals surface area contributed by atoms with Crippen LogP contribution in [0.5, 0.6) is 0 Å². The molecule has 1 aromatic carbocycles. The zero-order chi connectivity index (χ0) is 28.9. The summed E-state index contributed by atoms with van der Waals surface area (Å²) in [4.78, 5) is 28.7. The molecular weight excluding hydrogens is 500 g/mol. The van der Waals surface area contributed by atoms with Crippen LogP contribution in [0.25, 0.3) is 0 Å². The third kappa shape index (κ3) is 7.65. The molecule has 0 aliphatic carbocycles. The molecule has 2 saturated heterocycles. The Kier molecular flexibility index (Phi) is 11.1. The van der Waals surface area contributed by atoms with Crippen LogP contribution < -0.4 is 5.32 Å². The number of carbonyl (C=O) groups excluding carboxylic acids is 2. The summed E-state index contributed by atoms with van der Waals surface area (Å²) in [5.41, 5.74) is 0.0939. The lowest BCUT2D eigenvalue weighted by molar-refractivity contribution is -0.295. The molecule has 0 spiro atoms. The van der Waals surface area contributed by atoms with Gasteiger partial charge in [-0.05, 0) is 65.7 Å². The van der Waals surface area contributed by atoms with Gasteiger partial charge in [0.15, 0.2) is 12.1 Å². The number of hydrogen-bond acceptors (Lipinski definition) is 9. The number of ether oxygens (including phenoxy) is 4. The Morgan fingerprint density at radius 2 is 1.77 bits per heavy atom. The van der Waals surface area contributed by atoms with Gasteiger partial charge in [0.25, 0.3) is 0 Å². The highest BCUT2D eigenvalue weighted by Gasteiger charge is 2.48. The quantitative estimate of drug-likeness (QED) is 0.424. The first kappa shape index (κ1) is 31.6. The minimum absolute atomic E-state index is 0.120. The average molecular weight is 549 g/mol. The highest BCUT2D eigenvalue weighted by Crippen LogP contribution is 2.36. The first-order chi connectivity index (χ1) is 18.4. The smallest absolute Gasteiger partial charge is 0.316 e. The fraction of sp³-hybridized carbons (Fsp3) is 0.733. The second-order valence-electron chi connectivity index (χ2n) is 11.9. The molecule has 0 saturated carbocycles. The molecule has 2 heterocycles. The van der Waals surface area contributed by atoms with E-state index in [2.05, 4.69) is 12.2 Å². The maximum Gasteiger partial charge on any atom is 0.316 e. The molecule has 2 N–H and O–H groups in total. The fourth-order valence-electron chi connectivity index (χ4n) is 5.92. The van der Waals surface area contributed by atoms with E-state index in [0.717, 1.165) is 5.56 Å². The van der Waals surface area contributed by atoms with Gasteiger partial charge >= 0.3 is 5.97 Å². The Morgan fingerprint density at radius 1 is 1.10 bits per heavy atom. The van der Waals surface area contributed by atoms with Crippen LogP contribution in [0.4, 0.5) is 0 Å². The molecular formula is C30H48N2O7. The molecule has 2 unspecified atom stereocenters. The summed E-state index contributed by atoms with van der Waals surface area (Å²) >= 11 is 0. The van der Waals surface area contributed by atoms with Crippen molar-refractivity contribution in [1.29, 1.82) is 0 Å². The monoisotopic (exact) mass is 548 g/mol. The number of carbonyl (C=O) groups is 2. The molecule has 2 fully saturated rings. The van der Waals surface area contributed by atoms with Crippen molar-refractivity contribution >= 4 is 11.8 Å². The van der Waals surface area contributed by atoms with Gasteiger partial charge in [0, 0.05) is 19.1 Å². The Hall–Kier alpha value is -1.88. The van der Waals surface area contributed by atoms with E-state index in [9.17, 15) is 14.7 Å². The molecule has 220 valence electrons. The number of nitrogens with one attached hydrogen (secondary N) is 1. The number of Topliss-reactive ketones (excluding diaryl/α,β-unsaturated/α-hetero) is 1. The molecule has 39 heavy (non-hydrogen) atoms. The number of nitrogens with zero attached hydrogens (tertiary/aromatic N) is 1. The van der Waals surface area contributed by atoms with Gasteiger partial charge in [-0.1, -0.05) is 44.2 Å². The van der Waals surface area contributed by atoms with Gasteiger partial charge in [-0.2, -0.15) is 0 Å². The zero-order valence-electron chi connectivity index (χ0n) is 24.8. The molecule has 10 atom stereocenters. The summed E-state index contributed by atoms with van der Waals surface area (Å²) in [5, 5.41) is 14.7. The van der Waals surface area contributed by atoms with E-state index in [-0.39, 0.29) is 36.5 Å². The van der Waals surface area contributed by atoms with Crippen molar-refractivity contribution in [2.75, 3.05) is 34.4 Å². The molecule has 9 heteroatoms. The topological polar surface area (TPSA) is 107 Å². The fourth-order valence-corrected chi connectivity index (χ4v) is 5.92. The zero-order valence-corrected chi connectivity index (χ0v) is 24.8. The minimum atomic E-state index is -0.993. The molecule has 0 bridgehead atoms. The van der Waals surface area contributed by atoms with Crippen LogP contribution in [0.15, 0.2) is 30.3 Å². The van der Waals surface area contributed by atoms with Gasteiger partial charge in [0.2, 0.25) is 0 Å². The first-order valence-electron chi connectivity index (χ1n) is 14.1. The maximum absolute atomic E-state index is 13.7. The Morgan fingerprint density at radius 3 is 2.38 bits per heavy atom. The molecule has 2 aliphatic heterocycles. The lowest BCUT2D eigenvalue weighted by atomic mass is 9.78. The van der Waals surface area contributed by atoms with Gasteiger partial charge in [-0.15, -0.1) is 0 Å². The number of ketones is 1. The number of benzene rings is 1. The number of methoxy groups -OCH3 is 1. The molecule has 9 nitrogen and oxygen atoms in total. The molecule has 0 radical (unpaired) electrons. The van der Waals surface area contributed by atoms with Crippen molar-refractivity contribution in [3.05, 3.63) is 35.9 Å². The van der Waals surface area contributed by atoms with Crippen molar-refractivity contribution in [2.45, 2.75) is 89.7 Å². The van der Waals surface area contributed by atoms with Crippen LogP contribution in [0.2, 0.25) is 0 Å². The van der Waals surface area contributed by atoms with Gasteiger partial charge < -0.3 is 34.3 Å². The van der Waals surface area contributed by atoms with E-state index < -0.39 is 41.9 Å². The van der Waals surface area contributed by atoms with Crippen LogP contribution in [0.3, 0.4) is 0 Å². The first-order valence-corrected chi connectivity index (χ1v) is 14.1. The summed E-state index contributed by atoms with van der Waals surface area (Å²) in [7, 11) is 5.44. The van der Waals surface area contributed by atoms with Crippen molar-refractivity contribution < 1.29 is 33.6 Å². The number of aliphatic hydroxyl groups is 1. The lowest BCUT2D eigenvalue weighted by Crippen LogP contribution is -2.59. The largest absolute Gasteiger partial charge is 0.463 e. The highest BCUT2D eigenvalue weighted by molar-refractivity contribution is 5.99. The summed E-state index contributed by atoms with van der Waals surface area (Å²) < 4.78 is 24.3. The second kappa shape index (κ2) is 13.7. The number of rotatable bonds is 5. The number of esters is 1. The van der Waals surface area contributed by atoms with Crippen molar-refractivity contribution in [1.82, 2.24) is 10.2 Å². The van der Waals surface area contributed by atoms with Crippen LogP contribution in [-0.4, -0.2) is 92.4 Å². The molecule has 0 aromatic heterocycles. The van der Waals surface area contributed by atoms with E-state index in [1.165, 1.54) is 0 Å².